The number of amides is 2. The quantitative estimate of drug-likeness (QED) is 0.444. The molecule has 10 heteroatoms. The minimum Gasteiger partial charge on any atom is -0.451 e. The number of furan rings is 1. The van der Waals surface area contributed by atoms with Gasteiger partial charge in [-0.2, -0.15) is 0 Å². The van der Waals surface area contributed by atoms with Crippen LogP contribution in [-0.4, -0.2) is 24.2 Å². The number of carbonyl (C=O) groups is 2. The van der Waals surface area contributed by atoms with Crippen molar-refractivity contribution in [1.29, 1.82) is 0 Å². The van der Waals surface area contributed by atoms with Crippen LogP contribution in [0.5, 0.6) is 5.75 Å². The van der Waals surface area contributed by atoms with Gasteiger partial charge in [0.1, 0.15) is 11.5 Å². The predicted octanol–water partition coefficient (Wildman–Crippen LogP) is 5.75. The summed E-state index contributed by atoms with van der Waals surface area (Å²) in [7, 11) is 0. The third-order valence-corrected chi connectivity index (χ3v) is 5.28. The Labute approximate surface area is 188 Å². The molecular formula is C22H16BrF3N2O4. The Morgan fingerprint density at radius 1 is 1.03 bits per heavy atom. The van der Waals surface area contributed by atoms with Crippen LogP contribution in [0, 0.1) is 0 Å². The van der Waals surface area contributed by atoms with E-state index in [0.29, 0.717) is 15.7 Å². The minimum absolute atomic E-state index is 0.0373. The van der Waals surface area contributed by atoms with Crippen molar-refractivity contribution in [1.82, 2.24) is 5.32 Å². The van der Waals surface area contributed by atoms with Gasteiger partial charge < -0.3 is 19.8 Å². The minimum atomic E-state index is -4.87. The molecule has 6 nitrogen and oxygen atoms in total. The molecule has 1 saturated carbocycles. The average molecular weight is 509 g/mol. The van der Waals surface area contributed by atoms with E-state index in [1.54, 1.807) is 12.1 Å². The van der Waals surface area contributed by atoms with E-state index >= 15 is 0 Å². The van der Waals surface area contributed by atoms with Gasteiger partial charge in [0.2, 0.25) is 0 Å². The number of halogens is 4. The Kier molecular flexibility index (Phi) is 5.96. The first-order chi connectivity index (χ1) is 15.2. The monoisotopic (exact) mass is 508 g/mol. The Morgan fingerprint density at radius 2 is 1.78 bits per heavy atom. The molecule has 1 fully saturated rings. The molecule has 0 atom stereocenters. The molecule has 2 aromatic carbocycles. The lowest BCUT2D eigenvalue weighted by Gasteiger charge is -2.11. The number of para-hydroxylation sites is 1. The first kappa shape index (κ1) is 21.9. The number of hydrogen-bond donors (Lipinski definition) is 2. The molecule has 0 spiro atoms. The number of carbonyl (C=O) groups excluding carboxylic acids is 2. The summed E-state index contributed by atoms with van der Waals surface area (Å²) in [6.07, 6.45) is -2.98. The molecule has 4 rings (SSSR count). The molecule has 0 radical (unpaired) electrons. The summed E-state index contributed by atoms with van der Waals surface area (Å²) in [5, 5.41) is 5.50. The molecule has 3 aromatic rings. The maximum Gasteiger partial charge on any atom is 0.573 e. The van der Waals surface area contributed by atoms with E-state index in [0.717, 1.165) is 18.9 Å². The zero-order chi connectivity index (χ0) is 22.9. The first-order valence-electron chi connectivity index (χ1n) is 9.56. The molecule has 1 aliphatic carbocycles. The van der Waals surface area contributed by atoms with E-state index in [1.165, 1.54) is 36.4 Å². The maximum absolute atomic E-state index is 12.7. The molecular weight excluding hydrogens is 493 g/mol. The highest BCUT2D eigenvalue weighted by molar-refractivity contribution is 9.10. The van der Waals surface area contributed by atoms with E-state index < -0.39 is 18.0 Å². The molecule has 32 heavy (non-hydrogen) atoms. The van der Waals surface area contributed by atoms with Gasteiger partial charge in [-0.25, -0.2) is 0 Å². The van der Waals surface area contributed by atoms with Crippen LogP contribution in [0.15, 0.2) is 63.5 Å². The number of anilines is 1. The van der Waals surface area contributed by atoms with Crippen molar-refractivity contribution in [3.63, 3.8) is 0 Å². The SMILES string of the molecule is O=C(Nc1ccc(Br)c(C(=O)NC2CC2)c1)c1ccc(-c2ccccc2OC(F)(F)F)o1. The molecule has 1 aliphatic rings. The van der Waals surface area contributed by atoms with Crippen LogP contribution in [0.25, 0.3) is 11.3 Å². The number of rotatable bonds is 6. The van der Waals surface area contributed by atoms with Gasteiger partial charge in [-0.15, -0.1) is 13.2 Å². The van der Waals surface area contributed by atoms with Crippen LogP contribution < -0.4 is 15.4 Å². The second kappa shape index (κ2) is 8.70. The summed E-state index contributed by atoms with van der Waals surface area (Å²) in [5.74, 6) is -1.40. The van der Waals surface area contributed by atoms with Crippen molar-refractivity contribution in [2.24, 2.45) is 0 Å². The van der Waals surface area contributed by atoms with Gasteiger partial charge in [0.15, 0.2) is 5.76 Å². The van der Waals surface area contributed by atoms with Crippen LogP contribution in [0.1, 0.15) is 33.8 Å². The summed E-state index contributed by atoms with van der Waals surface area (Å²) in [5.41, 5.74) is 0.775. The summed E-state index contributed by atoms with van der Waals surface area (Å²) < 4.78 is 48.0. The zero-order valence-electron chi connectivity index (χ0n) is 16.3. The molecule has 0 bridgehead atoms. The number of hydrogen-bond acceptors (Lipinski definition) is 4. The number of ether oxygens (including phenoxy) is 1. The largest absolute Gasteiger partial charge is 0.573 e. The lowest BCUT2D eigenvalue weighted by molar-refractivity contribution is -0.274. The van der Waals surface area contributed by atoms with Gasteiger partial charge in [0.05, 0.1) is 11.1 Å². The van der Waals surface area contributed by atoms with Crippen molar-refractivity contribution in [3.05, 3.63) is 70.4 Å². The molecule has 0 saturated heterocycles. The van der Waals surface area contributed by atoms with E-state index in [-0.39, 0.29) is 29.0 Å². The lowest BCUT2D eigenvalue weighted by Crippen LogP contribution is -2.25. The van der Waals surface area contributed by atoms with Crippen molar-refractivity contribution in [2.75, 3.05) is 5.32 Å². The fourth-order valence-corrected chi connectivity index (χ4v) is 3.38. The fraction of sp³-hybridized carbons (Fsp3) is 0.182. The number of alkyl halides is 3. The van der Waals surface area contributed by atoms with E-state index in [9.17, 15) is 22.8 Å². The average Bonchev–Trinajstić information content (AvgIpc) is 3.40. The second-order valence-electron chi connectivity index (χ2n) is 7.10. The van der Waals surface area contributed by atoms with Crippen LogP contribution in [-0.2, 0) is 0 Å². The molecule has 0 unspecified atom stereocenters. The third-order valence-electron chi connectivity index (χ3n) is 4.59. The highest BCUT2D eigenvalue weighted by Crippen LogP contribution is 2.34. The molecule has 2 N–H and O–H groups in total. The number of benzene rings is 2. The van der Waals surface area contributed by atoms with Crippen molar-refractivity contribution in [3.8, 4) is 17.1 Å². The van der Waals surface area contributed by atoms with Gasteiger partial charge in [-0.05, 0) is 71.2 Å². The lowest BCUT2D eigenvalue weighted by atomic mass is 10.1. The fourth-order valence-electron chi connectivity index (χ4n) is 2.95. The van der Waals surface area contributed by atoms with Gasteiger partial charge in [0, 0.05) is 16.2 Å². The Balaban J connectivity index is 1.51. The van der Waals surface area contributed by atoms with E-state index in [4.69, 9.17) is 4.42 Å². The third kappa shape index (κ3) is 5.31. The standard InChI is InChI=1S/C22H16BrF3N2O4/c23-16-8-7-13(11-15(16)20(29)27-12-5-6-12)28-21(30)19-10-9-17(31-19)14-3-1-2-4-18(14)32-22(24,25)26/h1-4,7-12H,5-6H2,(H,27,29)(H,28,30). The molecule has 1 aromatic heterocycles. The summed E-state index contributed by atoms with van der Waals surface area (Å²) in [6, 6.07) is 13.1. The van der Waals surface area contributed by atoms with Crippen LogP contribution in [0.4, 0.5) is 18.9 Å². The highest BCUT2D eigenvalue weighted by atomic mass is 79.9. The second-order valence-corrected chi connectivity index (χ2v) is 7.96. The Bertz CT molecular complexity index is 1170. The van der Waals surface area contributed by atoms with Crippen molar-refractivity contribution in [2.45, 2.75) is 25.2 Å². The molecule has 1 heterocycles. The normalized spacial score (nSPS) is 13.5. The topological polar surface area (TPSA) is 80.6 Å². The van der Waals surface area contributed by atoms with Gasteiger partial charge in [-0.3, -0.25) is 9.59 Å². The first-order valence-corrected chi connectivity index (χ1v) is 10.4. The highest BCUT2D eigenvalue weighted by Gasteiger charge is 2.32. The smallest absolute Gasteiger partial charge is 0.451 e. The van der Waals surface area contributed by atoms with Gasteiger partial charge in [-0.1, -0.05) is 12.1 Å². The van der Waals surface area contributed by atoms with Crippen molar-refractivity contribution < 1.29 is 31.9 Å². The maximum atomic E-state index is 12.7. The van der Waals surface area contributed by atoms with Crippen LogP contribution in [0.2, 0.25) is 0 Å². The predicted molar refractivity (Wildman–Crippen MR) is 113 cm³/mol. The van der Waals surface area contributed by atoms with Gasteiger partial charge in [0.25, 0.3) is 11.8 Å². The summed E-state index contributed by atoms with van der Waals surface area (Å²) in [4.78, 5) is 24.9. The van der Waals surface area contributed by atoms with E-state index in [2.05, 4.69) is 31.3 Å². The van der Waals surface area contributed by atoms with Crippen LogP contribution in [0.3, 0.4) is 0 Å². The summed E-state index contributed by atoms with van der Waals surface area (Å²) in [6.45, 7) is 0. The molecule has 166 valence electrons. The molecule has 0 aliphatic heterocycles. The molecule has 2 amide bonds. The summed E-state index contributed by atoms with van der Waals surface area (Å²) >= 11 is 3.33. The van der Waals surface area contributed by atoms with E-state index in [1.807, 2.05) is 0 Å². The van der Waals surface area contributed by atoms with Crippen LogP contribution >= 0.6 is 15.9 Å². The van der Waals surface area contributed by atoms with Gasteiger partial charge >= 0.3 is 6.36 Å². The Hall–Kier alpha value is -3.27. The zero-order valence-corrected chi connectivity index (χ0v) is 17.9. The Morgan fingerprint density at radius 3 is 2.50 bits per heavy atom. The van der Waals surface area contributed by atoms with Crippen molar-refractivity contribution >= 4 is 33.4 Å². The number of nitrogens with one attached hydrogen (secondary N) is 2.